The van der Waals surface area contributed by atoms with Crippen LogP contribution in [0.5, 0.6) is 0 Å². The summed E-state index contributed by atoms with van der Waals surface area (Å²) in [6, 6.07) is 0. The number of ketones is 1. The molecule has 2 atom stereocenters. The number of hydrogen-bond donors (Lipinski definition) is 0. The van der Waals surface area contributed by atoms with Crippen molar-refractivity contribution >= 4 is 5.78 Å². The molecule has 1 aliphatic rings. The van der Waals surface area contributed by atoms with Crippen LogP contribution in [-0.2, 0) is 4.79 Å². The third kappa shape index (κ3) is 1.19. The fraction of sp³-hybridized carbons (Fsp3) is 0.909. The quantitative estimate of drug-likeness (QED) is 0.543. The van der Waals surface area contributed by atoms with E-state index in [0.717, 1.165) is 12.8 Å². The van der Waals surface area contributed by atoms with Gasteiger partial charge in [0.2, 0.25) is 0 Å². The molecule has 2 unspecified atom stereocenters. The molecule has 0 saturated heterocycles. The standard InChI is InChI=1S/C11H20O/c1-8-6-7-11(5,9(8)12)10(2,3)4/h8H,6-7H2,1-5H3. The first-order valence-electron chi connectivity index (χ1n) is 4.83. The van der Waals surface area contributed by atoms with Crippen molar-refractivity contribution < 1.29 is 4.79 Å². The molecule has 1 saturated carbocycles. The molecule has 0 heterocycles. The average Bonchev–Trinajstić information content (AvgIpc) is 2.16. The molecule has 0 spiro atoms. The van der Waals surface area contributed by atoms with E-state index in [2.05, 4.69) is 34.6 Å². The molecule has 0 aliphatic heterocycles. The average molecular weight is 168 g/mol. The number of rotatable bonds is 0. The summed E-state index contributed by atoms with van der Waals surface area (Å²) in [5.41, 5.74) is 0.0429. The topological polar surface area (TPSA) is 17.1 Å². The first kappa shape index (κ1) is 9.76. The van der Waals surface area contributed by atoms with Gasteiger partial charge in [-0.15, -0.1) is 0 Å². The van der Waals surface area contributed by atoms with Gasteiger partial charge in [0.05, 0.1) is 0 Å². The maximum Gasteiger partial charge on any atom is 0.142 e. The molecule has 0 aromatic rings. The van der Waals surface area contributed by atoms with Gasteiger partial charge in [-0.25, -0.2) is 0 Å². The lowest BCUT2D eigenvalue weighted by Gasteiger charge is -2.37. The van der Waals surface area contributed by atoms with Crippen LogP contribution in [0.3, 0.4) is 0 Å². The van der Waals surface area contributed by atoms with Crippen molar-refractivity contribution in [2.45, 2.75) is 47.5 Å². The summed E-state index contributed by atoms with van der Waals surface area (Å²) >= 11 is 0. The largest absolute Gasteiger partial charge is 0.299 e. The lowest BCUT2D eigenvalue weighted by atomic mass is 9.66. The minimum atomic E-state index is -0.0770. The first-order chi connectivity index (χ1) is 5.29. The second-order valence-electron chi connectivity index (χ2n) is 5.39. The molecule has 12 heavy (non-hydrogen) atoms. The van der Waals surface area contributed by atoms with Crippen LogP contribution < -0.4 is 0 Å². The van der Waals surface area contributed by atoms with Crippen LogP contribution in [0.15, 0.2) is 0 Å². The Labute approximate surface area is 75.5 Å². The highest BCUT2D eigenvalue weighted by Crippen LogP contribution is 2.49. The molecule has 0 aromatic carbocycles. The molecule has 1 heteroatoms. The predicted molar refractivity (Wildman–Crippen MR) is 51.0 cm³/mol. The van der Waals surface area contributed by atoms with Gasteiger partial charge < -0.3 is 0 Å². The van der Waals surface area contributed by atoms with Gasteiger partial charge in [-0.1, -0.05) is 34.6 Å². The SMILES string of the molecule is CC1CCC(C)(C(C)(C)C)C1=O. The molecular formula is C11H20O. The second-order valence-corrected chi connectivity index (χ2v) is 5.39. The maximum absolute atomic E-state index is 11.9. The maximum atomic E-state index is 11.9. The van der Waals surface area contributed by atoms with Gasteiger partial charge >= 0.3 is 0 Å². The van der Waals surface area contributed by atoms with Gasteiger partial charge in [-0.3, -0.25) is 4.79 Å². The molecule has 0 radical (unpaired) electrons. The highest BCUT2D eigenvalue weighted by atomic mass is 16.1. The van der Waals surface area contributed by atoms with Crippen LogP contribution in [0.2, 0.25) is 0 Å². The molecule has 1 aliphatic carbocycles. The van der Waals surface area contributed by atoms with Gasteiger partial charge in [0.1, 0.15) is 5.78 Å². The fourth-order valence-electron chi connectivity index (χ4n) is 2.05. The van der Waals surface area contributed by atoms with Crippen molar-refractivity contribution in [3.8, 4) is 0 Å². The summed E-state index contributed by atoms with van der Waals surface area (Å²) < 4.78 is 0. The van der Waals surface area contributed by atoms with Crippen LogP contribution in [-0.4, -0.2) is 5.78 Å². The smallest absolute Gasteiger partial charge is 0.142 e. The summed E-state index contributed by atoms with van der Waals surface area (Å²) in [6.45, 7) is 10.7. The lowest BCUT2D eigenvalue weighted by Crippen LogP contribution is -2.37. The van der Waals surface area contributed by atoms with E-state index in [0.29, 0.717) is 5.78 Å². The van der Waals surface area contributed by atoms with Crippen molar-refractivity contribution in [1.29, 1.82) is 0 Å². The van der Waals surface area contributed by atoms with Crippen molar-refractivity contribution in [1.82, 2.24) is 0 Å². The summed E-state index contributed by atoms with van der Waals surface area (Å²) in [7, 11) is 0. The number of Topliss-reactive ketones (excluding diaryl/α,β-unsaturated/α-hetero) is 1. The molecule has 0 aromatic heterocycles. The van der Waals surface area contributed by atoms with E-state index in [-0.39, 0.29) is 16.7 Å². The zero-order chi connectivity index (χ0) is 9.57. The Morgan fingerprint density at radius 2 is 1.92 bits per heavy atom. The first-order valence-corrected chi connectivity index (χ1v) is 4.83. The summed E-state index contributed by atoms with van der Waals surface area (Å²) in [4.78, 5) is 11.9. The zero-order valence-corrected chi connectivity index (χ0v) is 8.90. The van der Waals surface area contributed by atoms with E-state index < -0.39 is 0 Å². The summed E-state index contributed by atoms with van der Waals surface area (Å²) in [5.74, 6) is 0.754. The van der Waals surface area contributed by atoms with Crippen LogP contribution >= 0.6 is 0 Å². The Morgan fingerprint density at radius 1 is 1.42 bits per heavy atom. The van der Waals surface area contributed by atoms with E-state index in [1.165, 1.54) is 0 Å². The van der Waals surface area contributed by atoms with E-state index in [9.17, 15) is 4.79 Å². The van der Waals surface area contributed by atoms with Gasteiger partial charge in [0.15, 0.2) is 0 Å². The Morgan fingerprint density at radius 3 is 2.08 bits per heavy atom. The molecule has 1 nitrogen and oxygen atoms in total. The van der Waals surface area contributed by atoms with Gasteiger partial charge in [0.25, 0.3) is 0 Å². The second kappa shape index (κ2) is 2.58. The van der Waals surface area contributed by atoms with Crippen molar-refractivity contribution in [3.63, 3.8) is 0 Å². The van der Waals surface area contributed by atoms with E-state index >= 15 is 0 Å². The van der Waals surface area contributed by atoms with Gasteiger partial charge in [0, 0.05) is 11.3 Å². The zero-order valence-electron chi connectivity index (χ0n) is 8.90. The fourth-order valence-corrected chi connectivity index (χ4v) is 2.05. The Balaban J connectivity index is 2.94. The molecular weight excluding hydrogens is 148 g/mol. The third-order valence-corrected chi connectivity index (χ3v) is 3.72. The number of carbonyl (C=O) groups is 1. The number of carbonyl (C=O) groups excluding carboxylic acids is 1. The Kier molecular flexibility index (Phi) is 2.10. The van der Waals surface area contributed by atoms with Gasteiger partial charge in [-0.05, 0) is 18.3 Å². The molecule has 1 rings (SSSR count). The Bertz CT molecular complexity index is 200. The molecule has 0 bridgehead atoms. The number of hydrogen-bond acceptors (Lipinski definition) is 1. The van der Waals surface area contributed by atoms with Crippen LogP contribution in [0.4, 0.5) is 0 Å². The minimum absolute atomic E-state index is 0.0770. The monoisotopic (exact) mass is 168 g/mol. The van der Waals surface area contributed by atoms with E-state index in [4.69, 9.17) is 0 Å². The molecule has 70 valence electrons. The van der Waals surface area contributed by atoms with Crippen LogP contribution in [0.25, 0.3) is 0 Å². The minimum Gasteiger partial charge on any atom is -0.299 e. The van der Waals surface area contributed by atoms with Crippen LogP contribution in [0, 0.1) is 16.7 Å². The normalized spacial score (nSPS) is 37.4. The summed E-state index contributed by atoms with van der Waals surface area (Å²) in [5, 5.41) is 0. The third-order valence-electron chi connectivity index (χ3n) is 3.72. The molecule has 0 N–H and O–H groups in total. The van der Waals surface area contributed by atoms with Crippen molar-refractivity contribution in [3.05, 3.63) is 0 Å². The highest BCUT2D eigenvalue weighted by Gasteiger charge is 2.49. The predicted octanol–water partition coefficient (Wildman–Crippen LogP) is 3.04. The van der Waals surface area contributed by atoms with Crippen molar-refractivity contribution in [2.75, 3.05) is 0 Å². The van der Waals surface area contributed by atoms with Crippen LogP contribution in [0.1, 0.15) is 47.5 Å². The van der Waals surface area contributed by atoms with E-state index in [1.807, 2.05) is 0 Å². The lowest BCUT2D eigenvalue weighted by molar-refractivity contribution is -0.132. The molecule has 0 amide bonds. The van der Waals surface area contributed by atoms with E-state index in [1.54, 1.807) is 0 Å². The van der Waals surface area contributed by atoms with Crippen molar-refractivity contribution in [2.24, 2.45) is 16.7 Å². The van der Waals surface area contributed by atoms with Gasteiger partial charge in [-0.2, -0.15) is 0 Å². The molecule has 1 fully saturated rings. The summed E-state index contributed by atoms with van der Waals surface area (Å²) in [6.07, 6.45) is 2.14. The highest BCUT2D eigenvalue weighted by molar-refractivity contribution is 5.89. The Hall–Kier alpha value is -0.330.